The Kier molecular flexibility index (Phi) is 2.65. The lowest BCUT2D eigenvalue weighted by Crippen LogP contribution is -1.88. The topological polar surface area (TPSA) is 52.4 Å². The molecule has 0 saturated heterocycles. The molecule has 0 N–H and O–H groups in total. The van der Waals surface area contributed by atoms with Gasteiger partial charge in [-0.15, -0.1) is 0 Å². The number of hydrogen-bond donors (Lipinski definition) is 0. The first kappa shape index (κ1) is 8.99. The van der Waals surface area contributed by atoms with Gasteiger partial charge in [0.2, 0.25) is 0 Å². The molecule has 0 aromatic carbocycles. The SMILES string of the molecule is CCOc1cc([N+](=O)[O-])c(C)s1. The molecule has 0 aliphatic heterocycles. The van der Waals surface area contributed by atoms with Crippen molar-refractivity contribution in [1.82, 2.24) is 0 Å². The Hall–Kier alpha value is -1.10. The van der Waals surface area contributed by atoms with Crippen LogP contribution in [-0.2, 0) is 0 Å². The number of hydrogen-bond acceptors (Lipinski definition) is 4. The summed E-state index contributed by atoms with van der Waals surface area (Å²) in [7, 11) is 0. The summed E-state index contributed by atoms with van der Waals surface area (Å²) in [6.45, 7) is 4.10. The molecular weight excluding hydrogens is 178 g/mol. The highest BCUT2D eigenvalue weighted by molar-refractivity contribution is 7.14. The highest BCUT2D eigenvalue weighted by atomic mass is 32.1. The first-order valence-electron chi connectivity index (χ1n) is 3.52. The van der Waals surface area contributed by atoms with Crippen LogP contribution in [0.15, 0.2) is 6.07 Å². The Labute approximate surface area is 73.9 Å². The zero-order chi connectivity index (χ0) is 9.14. The molecule has 1 aromatic heterocycles. The molecule has 0 spiro atoms. The number of ether oxygens (including phenoxy) is 1. The number of nitro groups is 1. The fraction of sp³-hybridized carbons (Fsp3) is 0.429. The summed E-state index contributed by atoms with van der Waals surface area (Å²) in [6.07, 6.45) is 0. The highest BCUT2D eigenvalue weighted by Gasteiger charge is 2.15. The molecule has 0 saturated carbocycles. The predicted molar refractivity (Wildman–Crippen MR) is 46.9 cm³/mol. The minimum Gasteiger partial charge on any atom is -0.484 e. The van der Waals surface area contributed by atoms with E-state index in [1.165, 1.54) is 17.4 Å². The minimum absolute atomic E-state index is 0.142. The monoisotopic (exact) mass is 187 g/mol. The van der Waals surface area contributed by atoms with Gasteiger partial charge in [-0.05, 0) is 13.8 Å². The van der Waals surface area contributed by atoms with Crippen LogP contribution in [0.25, 0.3) is 0 Å². The fourth-order valence-electron chi connectivity index (χ4n) is 0.841. The van der Waals surface area contributed by atoms with Crippen molar-refractivity contribution in [2.24, 2.45) is 0 Å². The lowest BCUT2D eigenvalue weighted by molar-refractivity contribution is -0.385. The summed E-state index contributed by atoms with van der Waals surface area (Å²) in [5.41, 5.74) is 0.142. The van der Waals surface area contributed by atoms with Crippen LogP contribution >= 0.6 is 11.3 Å². The standard InChI is InChI=1S/C7H9NO3S/c1-3-11-7-4-6(8(9)10)5(2)12-7/h4H,3H2,1-2H3. The second-order valence-corrected chi connectivity index (χ2v) is 3.42. The molecule has 0 fully saturated rings. The van der Waals surface area contributed by atoms with Gasteiger partial charge in [-0.3, -0.25) is 10.1 Å². The van der Waals surface area contributed by atoms with E-state index in [2.05, 4.69) is 0 Å². The van der Waals surface area contributed by atoms with Crippen LogP contribution in [0.3, 0.4) is 0 Å². The van der Waals surface area contributed by atoms with Crippen molar-refractivity contribution < 1.29 is 9.66 Å². The summed E-state index contributed by atoms with van der Waals surface area (Å²) >= 11 is 1.30. The van der Waals surface area contributed by atoms with Gasteiger partial charge in [0.25, 0.3) is 5.69 Å². The summed E-state index contributed by atoms with van der Waals surface area (Å²) in [5.74, 6) is 0. The van der Waals surface area contributed by atoms with Crippen LogP contribution < -0.4 is 4.74 Å². The van der Waals surface area contributed by atoms with Gasteiger partial charge >= 0.3 is 0 Å². The number of rotatable bonds is 3. The molecule has 0 aliphatic carbocycles. The van der Waals surface area contributed by atoms with Crippen molar-refractivity contribution >= 4 is 17.0 Å². The smallest absolute Gasteiger partial charge is 0.286 e. The minimum atomic E-state index is -0.394. The second kappa shape index (κ2) is 3.53. The van der Waals surface area contributed by atoms with Crippen LogP contribution in [-0.4, -0.2) is 11.5 Å². The Morgan fingerprint density at radius 3 is 2.83 bits per heavy atom. The summed E-state index contributed by atoms with van der Waals surface area (Å²) in [5, 5.41) is 11.0. The molecule has 4 nitrogen and oxygen atoms in total. The van der Waals surface area contributed by atoms with E-state index >= 15 is 0 Å². The Morgan fingerprint density at radius 2 is 2.42 bits per heavy atom. The average Bonchev–Trinajstić information content (AvgIpc) is 2.32. The van der Waals surface area contributed by atoms with Crippen LogP contribution in [0.5, 0.6) is 5.06 Å². The normalized spacial score (nSPS) is 9.83. The predicted octanol–water partition coefficient (Wildman–Crippen LogP) is 2.36. The molecule has 1 heterocycles. The second-order valence-electron chi connectivity index (χ2n) is 2.20. The van der Waals surface area contributed by atoms with E-state index in [1.807, 2.05) is 6.92 Å². The molecule has 0 aliphatic rings. The Morgan fingerprint density at radius 1 is 1.75 bits per heavy atom. The summed E-state index contributed by atoms with van der Waals surface area (Å²) in [4.78, 5) is 10.7. The van der Waals surface area contributed by atoms with Gasteiger partial charge in [0.05, 0.1) is 22.5 Å². The third kappa shape index (κ3) is 1.73. The van der Waals surface area contributed by atoms with Gasteiger partial charge in [0, 0.05) is 0 Å². The third-order valence-electron chi connectivity index (χ3n) is 1.35. The van der Waals surface area contributed by atoms with E-state index in [4.69, 9.17) is 4.74 Å². The van der Waals surface area contributed by atoms with Gasteiger partial charge in [0.1, 0.15) is 0 Å². The van der Waals surface area contributed by atoms with E-state index in [-0.39, 0.29) is 5.69 Å². The van der Waals surface area contributed by atoms with E-state index in [9.17, 15) is 10.1 Å². The van der Waals surface area contributed by atoms with Gasteiger partial charge in [-0.25, -0.2) is 0 Å². The molecule has 12 heavy (non-hydrogen) atoms. The van der Waals surface area contributed by atoms with Crippen LogP contribution in [0.1, 0.15) is 11.8 Å². The zero-order valence-corrected chi connectivity index (χ0v) is 7.68. The summed E-state index contributed by atoms with van der Waals surface area (Å²) < 4.78 is 5.13. The van der Waals surface area contributed by atoms with Gasteiger partial charge in [-0.2, -0.15) is 0 Å². The van der Waals surface area contributed by atoms with Crippen molar-refractivity contribution in [1.29, 1.82) is 0 Å². The van der Waals surface area contributed by atoms with Crippen LogP contribution in [0.4, 0.5) is 5.69 Å². The first-order chi connectivity index (χ1) is 5.65. The lowest BCUT2D eigenvalue weighted by Gasteiger charge is -1.93. The molecule has 66 valence electrons. The van der Waals surface area contributed by atoms with Gasteiger partial charge < -0.3 is 4.74 Å². The number of nitrogens with zero attached hydrogens (tertiary/aromatic N) is 1. The number of aryl methyl sites for hydroxylation is 1. The van der Waals surface area contributed by atoms with Crippen molar-refractivity contribution in [3.8, 4) is 5.06 Å². The maximum absolute atomic E-state index is 10.4. The number of thiophene rings is 1. The largest absolute Gasteiger partial charge is 0.484 e. The highest BCUT2D eigenvalue weighted by Crippen LogP contribution is 2.33. The molecule has 0 amide bonds. The maximum atomic E-state index is 10.4. The van der Waals surface area contributed by atoms with Crippen molar-refractivity contribution in [3.63, 3.8) is 0 Å². The Bertz CT molecular complexity index is 295. The molecule has 0 unspecified atom stereocenters. The maximum Gasteiger partial charge on any atom is 0.286 e. The van der Waals surface area contributed by atoms with Gasteiger partial charge in [-0.1, -0.05) is 11.3 Å². The molecule has 0 radical (unpaired) electrons. The van der Waals surface area contributed by atoms with E-state index in [0.717, 1.165) is 0 Å². The fourth-order valence-corrected chi connectivity index (χ4v) is 1.73. The van der Waals surface area contributed by atoms with Crippen molar-refractivity contribution in [2.45, 2.75) is 13.8 Å². The molecule has 5 heteroatoms. The third-order valence-corrected chi connectivity index (χ3v) is 2.30. The molecule has 1 aromatic rings. The Balaban J connectivity index is 2.92. The molecule has 1 rings (SSSR count). The molecule has 0 atom stereocenters. The zero-order valence-electron chi connectivity index (χ0n) is 6.86. The first-order valence-corrected chi connectivity index (χ1v) is 4.34. The van der Waals surface area contributed by atoms with E-state index in [1.54, 1.807) is 6.92 Å². The molecular formula is C7H9NO3S. The molecule has 0 bridgehead atoms. The quantitative estimate of drug-likeness (QED) is 0.539. The van der Waals surface area contributed by atoms with Crippen LogP contribution in [0.2, 0.25) is 0 Å². The lowest BCUT2D eigenvalue weighted by atomic mass is 10.4. The van der Waals surface area contributed by atoms with Crippen molar-refractivity contribution in [2.75, 3.05) is 6.61 Å². The van der Waals surface area contributed by atoms with Crippen molar-refractivity contribution in [3.05, 3.63) is 21.1 Å². The summed E-state index contributed by atoms with van der Waals surface area (Å²) in [6, 6.07) is 1.46. The van der Waals surface area contributed by atoms with E-state index in [0.29, 0.717) is 16.5 Å². The van der Waals surface area contributed by atoms with Gasteiger partial charge in [0.15, 0.2) is 5.06 Å². The average molecular weight is 187 g/mol. The van der Waals surface area contributed by atoms with Crippen LogP contribution in [0, 0.1) is 17.0 Å². The van der Waals surface area contributed by atoms with E-state index < -0.39 is 4.92 Å².